The molecule has 25 heavy (non-hydrogen) atoms. The average molecular weight is 366 g/mol. The van der Waals surface area contributed by atoms with Crippen LogP contribution in [0, 0.1) is 0 Å². The number of aromatic nitrogens is 2. The zero-order chi connectivity index (χ0) is 18.3. The minimum Gasteiger partial charge on any atom is -0.352 e. The Balaban J connectivity index is 1.79. The normalized spacial score (nSPS) is 11.4. The van der Waals surface area contributed by atoms with Gasteiger partial charge in [0, 0.05) is 25.8 Å². The first kappa shape index (κ1) is 19.1. The molecule has 1 aromatic heterocycles. The molecule has 0 radical (unpaired) electrons. The highest BCUT2D eigenvalue weighted by Gasteiger charge is 2.12. The predicted octanol–water partition coefficient (Wildman–Crippen LogP) is 1.18. The molecule has 0 atom stereocenters. The van der Waals surface area contributed by atoms with Crippen LogP contribution in [0.25, 0.3) is 0 Å². The Hall–Kier alpha value is -2.26. The molecule has 0 fully saturated rings. The molecule has 0 bridgehead atoms. The number of nitrogens with zero attached hydrogens (tertiary/aromatic N) is 2. The standard InChI is InChI=1S/C16H22N4O4S/c1-3-14-19-16(24-20-14)9-5-8-15(21)18-11-12-6-4-7-13(10-12)25(22,23)17-2/h4,6-7,10,17H,3,5,8-9,11H2,1-2H3,(H,18,21). The van der Waals surface area contributed by atoms with E-state index in [4.69, 9.17) is 4.52 Å². The van der Waals surface area contributed by atoms with Gasteiger partial charge in [0.05, 0.1) is 4.90 Å². The molecule has 2 aromatic rings. The highest BCUT2D eigenvalue weighted by atomic mass is 32.2. The van der Waals surface area contributed by atoms with Gasteiger partial charge in [0.15, 0.2) is 5.82 Å². The van der Waals surface area contributed by atoms with Crippen LogP contribution in [-0.4, -0.2) is 31.5 Å². The van der Waals surface area contributed by atoms with Crippen LogP contribution in [0.3, 0.4) is 0 Å². The second-order valence-corrected chi connectivity index (χ2v) is 7.33. The Labute approximate surface area is 147 Å². The first-order valence-corrected chi connectivity index (χ1v) is 9.53. The summed E-state index contributed by atoms with van der Waals surface area (Å²) in [6.07, 6.45) is 2.20. The second-order valence-electron chi connectivity index (χ2n) is 5.44. The minimum atomic E-state index is -3.49. The first-order chi connectivity index (χ1) is 11.9. The van der Waals surface area contributed by atoms with Crippen LogP contribution in [0.4, 0.5) is 0 Å². The number of nitrogens with one attached hydrogen (secondary N) is 2. The lowest BCUT2D eigenvalue weighted by Gasteiger charge is -2.07. The SMILES string of the molecule is CCc1noc(CCCC(=O)NCc2cccc(S(=O)(=O)NC)c2)n1. The molecule has 2 rings (SSSR count). The van der Waals surface area contributed by atoms with Gasteiger partial charge in [0.1, 0.15) is 0 Å². The van der Waals surface area contributed by atoms with E-state index >= 15 is 0 Å². The topological polar surface area (TPSA) is 114 Å². The minimum absolute atomic E-state index is 0.114. The number of carbonyl (C=O) groups is 1. The lowest BCUT2D eigenvalue weighted by molar-refractivity contribution is -0.121. The number of hydrogen-bond acceptors (Lipinski definition) is 6. The van der Waals surface area contributed by atoms with Crippen molar-refractivity contribution < 1.29 is 17.7 Å². The molecular weight excluding hydrogens is 344 g/mol. The van der Waals surface area contributed by atoms with Crippen LogP contribution in [0.1, 0.15) is 37.0 Å². The van der Waals surface area contributed by atoms with Gasteiger partial charge in [-0.25, -0.2) is 13.1 Å². The molecule has 1 aromatic carbocycles. The summed E-state index contributed by atoms with van der Waals surface area (Å²) in [5, 5.41) is 6.58. The summed E-state index contributed by atoms with van der Waals surface area (Å²) in [5.74, 6) is 1.09. The number of hydrogen-bond donors (Lipinski definition) is 2. The molecule has 2 N–H and O–H groups in total. The Bertz CT molecular complexity index is 817. The van der Waals surface area contributed by atoms with Gasteiger partial charge in [-0.05, 0) is 31.2 Å². The zero-order valence-electron chi connectivity index (χ0n) is 14.3. The van der Waals surface area contributed by atoms with Crippen molar-refractivity contribution in [2.75, 3.05) is 7.05 Å². The smallest absolute Gasteiger partial charge is 0.240 e. The fraction of sp³-hybridized carbons (Fsp3) is 0.438. The third-order valence-electron chi connectivity index (χ3n) is 3.59. The third-order valence-corrected chi connectivity index (χ3v) is 5.00. The van der Waals surface area contributed by atoms with Crippen molar-refractivity contribution in [3.63, 3.8) is 0 Å². The Morgan fingerprint density at radius 3 is 2.80 bits per heavy atom. The summed E-state index contributed by atoms with van der Waals surface area (Å²) in [7, 11) is -2.13. The molecule has 9 heteroatoms. The molecule has 0 saturated heterocycles. The molecule has 0 saturated carbocycles. The zero-order valence-corrected chi connectivity index (χ0v) is 15.1. The molecular formula is C16H22N4O4S. The van der Waals surface area contributed by atoms with Gasteiger partial charge in [-0.1, -0.05) is 24.2 Å². The van der Waals surface area contributed by atoms with Crippen molar-refractivity contribution >= 4 is 15.9 Å². The molecule has 0 spiro atoms. The van der Waals surface area contributed by atoms with E-state index in [1.54, 1.807) is 12.1 Å². The van der Waals surface area contributed by atoms with Crippen molar-refractivity contribution in [1.29, 1.82) is 0 Å². The fourth-order valence-corrected chi connectivity index (χ4v) is 2.96. The lowest BCUT2D eigenvalue weighted by Crippen LogP contribution is -2.23. The van der Waals surface area contributed by atoms with Gasteiger partial charge in [0.2, 0.25) is 21.8 Å². The number of benzene rings is 1. The van der Waals surface area contributed by atoms with Crippen LogP contribution in [0.5, 0.6) is 0 Å². The van der Waals surface area contributed by atoms with Crippen molar-refractivity contribution in [3.8, 4) is 0 Å². The highest BCUT2D eigenvalue weighted by Crippen LogP contribution is 2.11. The summed E-state index contributed by atoms with van der Waals surface area (Å²) >= 11 is 0. The van der Waals surface area contributed by atoms with Gasteiger partial charge in [-0.3, -0.25) is 4.79 Å². The molecule has 0 aliphatic carbocycles. The number of rotatable bonds is 9. The summed E-state index contributed by atoms with van der Waals surface area (Å²) < 4.78 is 30.9. The quantitative estimate of drug-likeness (QED) is 0.689. The largest absolute Gasteiger partial charge is 0.352 e. The second kappa shape index (κ2) is 8.72. The van der Waals surface area contributed by atoms with E-state index in [1.165, 1.54) is 19.2 Å². The maximum atomic E-state index is 11.9. The molecule has 0 aliphatic rings. The summed E-state index contributed by atoms with van der Waals surface area (Å²) in [4.78, 5) is 16.3. The van der Waals surface area contributed by atoms with E-state index in [9.17, 15) is 13.2 Å². The number of sulfonamides is 1. The van der Waals surface area contributed by atoms with Crippen molar-refractivity contribution in [3.05, 3.63) is 41.5 Å². The maximum absolute atomic E-state index is 11.9. The average Bonchev–Trinajstić information content (AvgIpc) is 3.08. The van der Waals surface area contributed by atoms with Gasteiger partial charge >= 0.3 is 0 Å². The van der Waals surface area contributed by atoms with Crippen LogP contribution in [-0.2, 0) is 34.2 Å². The lowest BCUT2D eigenvalue weighted by atomic mass is 10.2. The van der Waals surface area contributed by atoms with Gasteiger partial charge in [-0.2, -0.15) is 4.98 Å². The molecule has 8 nitrogen and oxygen atoms in total. The molecule has 136 valence electrons. The summed E-state index contributed by atoms with van der Waals surface area (Å²) in [5.41, 5.74) is 0.717. The Morgan fingerprint density at radius 2 is 2.12 bits per heavy atom. The van der Waals surface area contributed by atoms with Crippen molar-refractivity contribution in [1.82, 2.24) is 20.2 Å². The van der Waals surface area contributed by atoms with Crippen LogP contribution >= 0.6 is 0 Å². The van der Waals surface area contributed by atoms with E-state index in [0.29, 0.717) is 43.0 Å². The van der Waals surface area contributed by atoms with E-state index in [1.807, 2.05) is 6.92 Å². The fourth-order valence-electron chi connectivity index (χ4n) is 2.16. The predicted molar refractivity (Wildman–Crippen MR) is 91.1 cm³/mol. The van der Waals surface area contributed by atoms with Gasteiger partial charge in [0.25, 0.3) is 0 Å². The van der Waals surface area contributed by atoms with Crippen LogP contribution in [0.15, 0.2) is 33.7 Å². The first-order valence-electron chi connectivity index (χ1n) is 8.05. The van der Waals surface area contributed by atoms with E-state index in [2.05, 4.69) is 20.2 Å². The molecule has 1 amide bonds. The maximum Gasteiger partial charge on any atom is 0.240 e. The highest BCUT2D eigenvalue weighted by molar-refractivity contribution is 7.89. The van der Waals surface area contributed by atoms with Crippen molar-refractivity contribution in [2.24, 2.45) is 0 Å². The van der Waals surface area contributed by atoms with E-state index in [-0.39, 0.29) is 17.3 Å². The van der Waals surface area contributed by atoms with E-state index < -0.39 is 10.0 Å². The van der Waals surface area contributed by atoms with Gasteiger partial charge in [-0.15, -0.1) is 0 Å². The monoisotopic (exact) mass is 366 g/mol. The van der Waals surface area contributed by atoms with Crippen LogP contribution in [0.2, 0.25) is 0 Å². The Kier molecular flexibility index (Phi) is 6.65. The third kappa shape index (κ3) is 5.64. The molecule has 1 heterocycles. The summed E-state index contributed by atoms with van der Waals surface area (Å²) in [6.45, 7) is 2.21. The number of carbonyl (C=O) groups excluding carboxylic acids is 1. The van der Waals surface area contributed by atoms with Gasteiger partial charge < -0.3 is 9.84 Å². The number of aryl methyl sites for hydroxylation is 2. The molecule has 0 aliphatic heterocycles. The van der Waals surface area contributed by atoms with Crippen molar-refractivity contribution in [2.45, 2.75) is 44.0 Å². The van der Waals surface area contributed by atoms with E-state index in [0.717, 1.165) is 0 Å². The Morgan fingerprint density at radius 1 is 1.32 bits per heavy atom. The number of amides is 1. The van der Waals surface area contributed by atoms with Crippen LogP contribution < -0.4 is 10.0 Å². The molecule has 0 unspecified atom stereocenters. The summed E-state index contributed by atoms with van der Waals surface area (Å²) in [6, 6.07) is 6.45.